The molecule has 1 saturated heterocycles. The number of rotatable bonds is 1. The standard InChI is InChI=1S/C8H16F2N2/c1-8(2,3)6-4-5-11-12(6)7(9)10/h6-7,11H,4-5H2,1-3H3. The van der Waals surface area contributed by atoms with Crippen LogP contribution in [0.3, 0.4) is 0 Å². The minimum Gasteiger partial charge on any atom is -0.250 e. The molecule has 0 aromatic heterocycles. The lowest BCUT2D eigenvalue weighted by Crippen LogP contribution is -2.46. The van der Waals surface area contributed by atoms with Gasteiger partial charge in [0.2, 0.25) is 0 Å². The molecule has 1 atom stereocenters. The Morgan fingerprint density at radius 2 is 2.00 bits per heavy atom. The molecule has 0 aliphatic carbocycles. The van der Waals surface area contributed by atoms with Crippen molar-refractivity contribution in [1.82, 2.24) is 10.4 Å². The summed E-state index contributed by atoms with van der Waals surface area (Å²) in [4.78, 5) is 0. The Kier molecular flexibility index (Phi) is 2.68. The molecule has 1 fully saturated rings. The molecule has 0 amide bonds. The van der Waals surface area contributed by atoms with Crippen molar-refractivity contribution in [3.8, 4) is 0 Å². The van der Waals surface area contributed by atoms with Crippen molar-refractivity contribution in [1.29, 1.82) is 0 Å². The van der Waals surface area contributed by atoms with E-state index in [9.17, 15) is 8.78 Å². The first-order valence-corrected chi connectivity index (χ1v) is 4.23. The van der Waals surface area contributed by atoms with E-state index in [0.717, 1.165) is 11.4 Å². The maximum Gasteiger partial charge on any atom is 0.307 e. The normalized spacial score (nSPS) is 27.0. The molecule has 0 spiro atoms. The predicted molar refractivity (Wildman–Crippen MR) is 43.7 cm³/mol. The molecule has 2 nitrogen and oxygen atoms in total. The van der Waals surface area contributed by atoms with E-state index in [-0.39, 0.29) is 11.5 Å². The topological polar surface area (TPSA) is 15.3 Å². The molecule has 1 aliphatic rings. The second-order valence-electron chi connectivity index (χ2n) is 4.26. The Hall–Kier alpha value is -0.220. The third-order valence-corrected chi connectivity index (χ3v) is 2.26. The highest BCUT2D eigenvalue weighted by molar-refractivity contribution is 4.85. The van der Waals surface area contributed by atoms with Crippen molar-refractivity contribution < 1.29 is 8.78 Å². The van der Waals surface area contributed by atoms with Crippen molar-refractivity contribution in [3.05, 3.63) is 0 Å². The number of alkyl halides is 2. The zero-order chi connectivity index (χ0) is 9.35. The van der Waals surface area contributed by atoms with E-state index >= 15 is 0 Å². The third kappa shape index (κ3) is 1.93. The maximum atomic E-state index is 12.4. The predicted octanol–water partition coefficient (Wildman–Crippen LogP) is 1.83. The molecule has 1 heterocycles. The molecular weight excluding hydrogens is 162 g/mol. The zero-order valence-corrected chi connectivity index (χ0v) is 7.77. The molecule has 0 aromatic carbocycles. The van der Waals surface area contributed by atoms with Gasteiger partial charge in [-0.3, -0.25) is 5.43 Å². The van der Waals surface area contributed by atoms with Gasteiger partial charge in [-0.1, -0.05) is 20.8 Å². The van der Waals surface area contributed by atoms with Crippen LogP contribution in [0.1, 0.15) is 27.2 Å². The van der Waals surface area contributed by atoms with Gasteiger partial charge >= 0.3 is 6.55 Å². The van der Waals surface area contributed by atoms with E-state index in [4.69, 9.17) is 0 Å². The summed E-state index contributed by atoms with van der Waals surface area (Å²) >= 11 is 0. The molecule has 12 heavy (non-hydrogen) atoms. The molecule has 0 bridgehead atoms. The fourth-order valence-corrected chi connectivity index (χ4v) is 1.63. The van der Waals surface area contributed by atoms with Crippen LogP contribution in [0.2, 0.25) is 0 Å². The van der Waals surface area contributed by atoms with E-state index in [0.29, 0.717) is 6.54 Å². The van der Waals surface area contributed by atoms with Crippen molar-refractivity contribution in [2.24, 2.45) is 5.41 Å². The smallest absolute Gasteiger partial charge is 0.250 e. The van der Waals surface area contributed by atoms with Crippen LogP contribution in [0.5, 0.6) is 0 Å². The second-order valence-corrected chi connectivity index (χ2v) is 4.26. The van der Waals surface area contributed by atoms with Crippen LogP contribution in [-0.2, 0) is 0 Å². The number of nitrogens with one attached hydrogen (secondary N) is 1. The summed E-state index contributed by atoms with van der Waals surface area (Å²) in [6.07, 6.45) is 0.799. The first-order valence-electron chi connectivity index (χ1n) is 4.23. The molecule has 1 unspecified atom stereocenters. The number of hydrogen-bond acceptors (Lipinski definition) is 2. The quantitative estimate of drug-likeness (QED) is 0.616. The zero-order valence-electron chi connectivity index (χ0n) is 7.77. The largest absolute Gasteiger partial charge is 0.307 e. The van der Waals surface area contributed by atoms with Gasteiger partial charge < -0.3 is 0 Å². The molecule has 4 heteroatoms. The van der Waals surface area contributed by atoms with Gasteiger partial charge in [-0.05, 0) is 11.8 Å². The van der Waals surface area contributed by atoms with E-state index in [1.54, 1.807) is 0 Å². The fourth-order valence-electron chi connectivity index (χ4n) is 1.63. The van der Waals surface area contributed by atoms with Crippen LogP contribution in [0.4, 0.5) is 8.78 Å². The minimum absolute atomic E-state index is 0.0579. The number of halogens is 2. The van der Waals surface area contributed by atoms with E-state index in [2.05, 4.69) is 5.43 Å². The van der Waals surface area contributed by atoms with Crippen LogP contribution in [0, 0.1) is 5.41 Å². The Morgan fingerprint density at radius 3 is 2.33 bits per heavy atom. The summed E-state index contributed by atoms with van der Waals surface area (Å²) < 4.78 is 24.8. The van der Waals surface area contributed by atoms with E-state index < -0.39 is 6.55 Å². The van der Waals surface area contributed by atoms with Gasteiger partial charge in [0.05, 0.1) is 0 Å². The summed E-state index contributed by atoms with van der Waals surface area (Å²) in [5.41, 5.74) is 2.61. The van der Waals surface area contributed by atoms with Crippen molar-refractivity contribution in [2.45, 2.75) is 39.8 Å². The van der Waals surface area contributed by atoms with Gasteiger partial charge in [0.15, 0.2) is 0 Å². The molecule has 72 valence electrons. The molecule has 1 N–H and O–H groups in total. The second kappa shape index (κ2) is 3.26. The molecule has 1 rings (SSSR count). The van der Waals surface area contributed by atoms with Crippen LogP contribution in [0.25, 0.3) is 0 Å². The minimum atomic E-state index is -2.39. The molecule has 0 radical (unpaired) electrons. The van der Waals surface area contributed by atoms with Gasteiger partial charge in [0.25, 0.3) is 0 Å². The molecule has 0 aromatic rings. The lowest BCUT2D eigenvalue weighted by molar-refractivity contribution is -0.0867. The number of hydrogen-bond donors (Lipinski definition) is 1. The summed E-state index contributed by atoms with van der Waals surface area (Å²) in [5, 5.41) is 1.07. The third-order valence-electron chi connectivity index (χ3n) is 2.26. The van der Waals surface area contributed by atoms with Crippen molar-refractivity contribution >= 4 is 0 Å². The average molecular weight is 178 g/mol. The first-order chi connectivity index (χ1) is 5.43. The fraction of sp³-hybridized carbons (Fsp3) is 1.00. The van der Waals surface area contributed by atoms with Gasteiger partial charge in [-0.15, -0.1) is 0 Å². The van der Waals surface area contributed by atoms with E-state index in [1.807, 2.05) is 20.8 Å². The van der Waals surface area contributed by atoms with Gasteiger partial charge in [0, 0.05) is 12.6 Å². The summed E-state index contributed by atoms with van der Waals surface area (Å²) in [7, 11) is 0. The lowest BCUT2D eigenvalue weighted by Gasteiger charge is -2.33. The SMILES string of the molecule is CC(C)(C)C1CCNN1C(F)F. The first kappa shape index (κ1) is 9.86. The summed E-state index contributed by atoms with van der Waals surface area (Å²) in [6, 6.07) is -0.0579. The number of nitrogens with zero attached hydrogens (tertiary/aromatic N) is 1. The molecular formula is C8H16F2N2. The maximum absolute atomic E-state index is 12.4. The Bertz CT molecular complexity index is 154. The summed E-state index contributed by atoms with van der Waals surface area (Å²) in [5.74, 6) is 0. The van der Waals surface area contributed by atoms with Crippen molar-refractivity contribution in [3.63, 3.8) is 0 Å². The lowest BCUT2D eigenvalue weighted by atomic mass is 9.85. The highest BCUT2D eigenvalue weighted by Gasteiger charge is 2.38. The highest BCUT2D eigenvalue weighted by atomic mass is 19.3. The Balaban J connectivity index is 2.64. The highest BCUT2D eigenvalue weighted by Crippen LogP contribution is 2.30. The van der Waals surface area contributed by atoms with Gasteiger partial charge in [-0.2, -0.15) is 13.8 Å². The monoisotopic (exact) mass is 178 g/mol. The van der Waals surface area contributed by atoms with E-state index in [1.165, 1.54) is 0 Å². The molecule has 1 aliphatic heterocycles. The average Bonchev–Trinajstić information content (AvgIpc) is 2.30. The van der Waals surface area contributed by atoms with Crippen LogP contribution >= 0.6 is 0 Å². The van der Waals surface area contributed by atoms with Crippen LogP contribution in [-0.4, -0.2) is 24.1 Å². The van der Waals surface area contributed by atoms with Gasteiger partial charge in [-0.25, -0.2) is 0 Å². The summed E-state index contributed by atoms with van der Waals surface area (Å²) in [6.45, 7) is 4.23. The van der Waals surface area contributed by atoms with Crippen LogP contribution in [0.15, 0.2) is 0 Å². The number of hydrazine groups is 1. The van der Waals surface area contributed by atoms with Crippen LogP contribution < -0.4 is 5.43 Å². The molecule has 0 saturated carbocycles. The Labute approximate surface area is 71.9 Å². The van der Waals surface area contributed by atoms with Crippen molar-refractivity contribution in [2.75, 3.05) is 6.54 Å². The van der Waals surface area contributed by atoms with Gasteiger partial charge in [0.1, 0.15) is 0 Å². The Morgan fingerprint density at radius 1 is 1.42 bits per heavy atom.